The van der Waals surface area contributed by atoms with Gasteiger partial charge in [0.25, 0.3) is 0 Å². The minimum Gasteiger partial charge on any atom is -0.493 e. The number of aromatic nitrogens is 2. The van der Waals surface area contributed by atoms with Gasteiger partial charge in [-0.05, 0) is 36.6 Å². The monoisotopic (exact) mass is 391 g/mol. The molecule has 2 aromatic rings. The molecule has 0 fully saturated rings. The summed E-state index contributed by atoms with van der Waals surface area (Å²) in [6, 6.07) is 5.91. The normalized spacial score (nSPS) is 11.8. The average Bonchev–Trinajstić information content (AvgIpc) is 2.93. The number of aromatic hydroxyl groups is 1. The largest absolute Gasteiger partial charge is 0.493 e. The van der Waals surface area contributed by atoms with E-state index in [1.54, 1.807) is 31.2 Å². The lowest BCUT2D eigenvalue weighted by molar-refractivity contribution is 0.158. The molecular formula is C18H21N3O5S. The van der Waals surface area contributed by atoms with E-state index in [1.807, 2.05) is 6.26 Å². The zero-order chi connectivity index (χ0) is 20.0. The second kappa shape index (κ2) is 9.22. The standard InChI is InChI=1S/C18H21N3O5S/c1-4-10-26-18(24)21-15(9-11-27-3)16(22)20(17(21)23)14-7-5-13(6-8-14)12(2)19-25/h4-8,12,22H,1,9-11H2,2-3H3. The lowest BCUT2D eigenvalue weighted by Gasteiger charge is -2.06. The molecule has 0 aliphatic heterocycles. The van der Waals surface area contributed by atoms with Crippen LogP contribution in [-0.2, 0) is 11.2 Å². The lowest BCUT2D eigenvalue weighted by atomic mass is 10.1. The van der Waals surface area contributed by atoms with Crippen LogP contribution in [0.5, 0.6) is 5.88 Å². The molecule has 0 saturated heterocycles. The van der Waals surface area contributed by atoms with Gasteiger partial charge in [-0.3, -0.25) is 0 Å². The summed E-state index contributed by atoms with van der Waals surface area (Å²) in [5, 5.41) is 13.6. The Morgan fingerprint density at radius 3 is 2.63 bits per heavy atom. The Morgan fingerprint density at radius 2 is 2.07 bits per heavy atom. The molecule has 0 bridgehead atoms. The Morgan fingerprint density at radius 1 is 1.41 bits per heavy atom. The molecule has 1 aromatic carbocycles. The molecule has 0 radical (unpaired) electrons. The predicted molar refractivity (Wildman–Crippen MR) is 105 cm³/mol. The first-order valence-electron chi connectivity index (χ1n) is 8.21. The summed E-state index contributed by atoms with van der Waals surface area (Å²) in [6.45, 7) is 5.07. The highest BCUT2D eigenvalue weighted by Gasteiger charge is 2.25. The van der Waals surface area contributed by atoms with E-state index in [-0.39, 0.29) is 18.2 Å². The van der Waals surface area contributed by atoms with Gasteiger partial charge < -0.3 is 9.84 Å². The van der Waals surface area contributed by atoms with Crippen LogP contribution >= 0.6 is 11.8 Å². The number of rotatable bonds is 8. The number of benzene rings is 1. The van der Waals surface area contributed by atoms with E-state index in [4.69, 9.17) is 4.74 Å². The van der Waals surface area contributed by atoms with Crippen molar-refractivity contribution >= 4 is 17.9 Å². The van der Waals surface area contributed by atoms with E-state index in [0.29, 0.717) is 23.4 Å². The van der Waals surface area contributed by atoms with Gasteiger partial charge >= 0.3 is 11.8 Å². The third-order valence-corrected chi connectivity index (χ3v) is 4.58. The zero-order valence-electron chi connectivity index (χ0n) is 15.1. The summed E-state index contributed by atoms with van der Waals surface area (Å²) in [4.78, 5) is 35.8. The maximum atomic E-state index is 12.8. The quantitative estimate of drug-likeness (QED) is 0.547. The van der Waals surface area contributed by atoms with Gasteiger partial charge in [-0.1, -0.05) is 30.0 Å². The molecule has 1 atom stereocenters. The van der Waals surface area contributed by atoms with Crippen molar-refractivity contribution in [1.29, 1.82) is 0 Å². The molecule has 0 aliphatic rings. The first-order chi connectivity index (χ1) is 13.0. The van der Waals surface area contributed by atoms with E-state index in [1.165, 1.54) is 17.8 Å². The number of hydrogen-bond donors (Lipinski definition) is 1. The maximum Gasteiger partial charge on any atom is 0.422 e. The Hall–Kier alpha value is -2.81. The van der Waals surface area contributed by atoms with Crippen LogP contribution < -0.4 is 5.69 Å². The van der Waals surface area contributed by atoms with Gasteiger partial charge in [0, 0.05) is 6.42 Å². The molecule has 1 heterocycles. The molecule has 0 saturated carbocycles. The van der Waals surface area contributed by atoms with E-state index < -0.39 is 17.8 Å². The number of nitroso groups, excluding NO2 is 1. The van der Waals surface area contributed by atoms with Crippen LogP contribution in [0.1, 0.15) is 24.2 Å². The molecule has 144 valence electrons. The molecule has 9 heteroatoms. The van der Waals surface area contributed by atoms with Crippen molar-refractivity contribution in [3.63, 3.8) is 0 Å². The number of carbonyl (C=O) groups excluding carboxylic acids is 1. The van der Waals surface area contributed by atoms with Gasteiger partial charge in [-0.15, -0.1) is 0 Å². The van der Waals surface area contributed by atoms with Crippen LogP contribution in [0.15, 0.2) is 46.9 Å². The molecule has 8 nitrogen and oxygen atoms in total. The molecule has 1 aromatic heterocycles. The summed E-state index contributed by atoms with van der Waals surface area (Å²) in [5.74, 6) is 0.284. The zero-order valence-corrected chi connectivity index (χ0v) is 15.9. The van der Waals surface area contributed by atoms with Gasteiger partial charge in [-0.25, -0.2) is 14.2 Å². The number of thioether (sulfide) groups is 1. The van der Waals surface area contributed by atoms with Crippen LogP contribution in [0.3, 0.4) is 0 Å². The first kappa shape index (κ1) is 20.5. The smallest absolute Gasteiger partial charge is 0.422 e. The van der Waals surface area contributed by atoms with Gasteiger partial charge in [0.15, 0.2) is 0 Å². The third-order valence-electron chi connectivity index (χ3n) is 3.96. The Kier molecular flexibility index (Phi) is 7.00. The van der Waals surface area contributed by atoms with Crippen molar-refractivity contribution < 1.29 is 14.6 Å². The summed E-state index contributed by atoms with van der Waals surface area (Å²) >= 11 is 1.52. The molecule has 0 aliphatic carbocycles. The Bertz CT molecular complexity index is 886. The van der Waals surface area contributed by atoms with Crippen molar-refractivity contribution in [2.45, 2.75) is 19.4 Å². The van der Waals surface area contributed by atoms with Crippen LogP contribution in [0, 0.1) is 4.91 Å². The number of nitrogens with zero attached hydrogens (tertiary/aromatic N) is 3. The topological polar surface area (TPSA) is 103 Å². The van der Waals surface area contributed by atoms with E-state index in [0.717, 1.165) is 9.13 Å². The fourth-order valence-corrected chi connectivity index (χ4v) is 2.93. The van der Waals surface area contributed by atoms with Crippen molar-refractivity contribution in [2.24, 2.45) is 5.18 Å². The first-order valence-corrected chi connectivity index (χ1v) is 9.61. The average molecular weight is 391 g/mol. The van der Waals surface area contributed by atoms with Crippen molar-refractivity contribution in [2.75, 3.05) is 18.6 Å². The number of imidazole rings is 1. The summed E-state index contributed by atoms with van der Waals surface area (Å²) in [7, 11) is 0. The van der Waals surface area contributed by atoms with E-state index in [2.05, 4.69) is 11.8 Å². The molecule has 0 spiro atoms. The minimum atomic E-state index is -0.875. The van der Waals surface area contributed by atoms with Crippen LogP contribution in [0.2, 0.25) is 0 Å². The summed E-state index contributed by atoms with van der Waals surface area (Å²) in [5.41, 5.74) is 0.483. The second-order valence-electron chi connectivity index (χ2n) is 5.70. The molecule has 1 N–H and O–H groups in total. The molecule has 0 amide bonds. The Labute approximate surface area is 160 Å². The van der Waals surface area contributed by atoms with Gasteiger partial charge in [0.05, 0.1) is 11.4 Å². The van der Waals surface area contributed by atoms with Crippen molar-refractivity contribution in [1.82, 2.24) is 9.13 Å². The highest BCUT2D eigenvalue weighted by atomic mass is 32.2. The maximum absolute atomic E-state index is 12.8. The van der Waals surface area contributed by atoms with E-state index >= 15 is 0 Å². The highest BCUT2D eigenvalue weighted by Crippen LogP contribution is 2.24. The molecule has 1 unspecified atom stereocenters. The third kappa shape index (κ3) is 4.30. The van der Waals surface area contributed by atoms with Crippen LogP contribution in [-0.4, -0.2) is 38.9 Å². The van der Waals surface area contributed by atoms with Gasteiger partial charge in [0.1, 0.15) is 12.6 Å². The number of carbonyl (C=O) groups is 1. The summed E-state index contributed by atoms with van der Waals surface area (Å²) in [6.07, 6.45) is 2.71. The lowest BCUT2D eigenvalue weighted by Crippen LogP contribution is -2.30. The predicted octanol–water partition coefficient (Wildman–Crippen LogP) is 3.25. The van der Waals surface area contributed by atoms with Gasteiger partial charge in [-0.2, -0.15) is 21.2 Å². The fraction of sp³-hybridized carbons (Fsp3) is 0.333. The van der Waals surface area contributed by atoms with Crippen LogP contribution in [0.4, 0.5) is 4.79 Å². The highest BCUT2D eigenvalue weighted by molar-refractivity contribution is 7.98. The molecular weight excluding hydrogens is 370 g/mol. The number of ether oxygens (including phenoxy) is 1. The fourth-order valence-electron chi connectivity index (χ4n) is 2.54. The van der Waals surface area contributed by atoms with E-state index in [9.17, 15) is 19.6 Å². The number of hydrogen-bond acceptors (Lipinski definition) is 7. The van der Waals surface area contributed by atoms with Crippen molar-refractivity contribution in [3.05, 3.63) is 63.6 Å². The molecule has 2 rings (SSSR count). The second-order valence-corrected chi connectivity index (χ2v) is 6.69. The van der Waals surface area contributed by atoms with Crippen LogP contribution in [0.25, 0.3) is 5.69 Å². The Balaban J connectivity index is 2.54. The SMILES string of the molecule is C=CCOC(=O)n1c(CCSC)c(O)n(-c2ccc(C(C)N=O)cc2)c1=O. The van der Waals surface area contributed by atoms with Crippen molar-refractivity contribution in [3.8, 4) is 11.6 Å². The summed E-state index contributed by atoms with van der Waals surface area (Å²) < 4.78 is 6.84. The minimum absolute atomic E-state index is 0.0511. The van der Waals surface area contributed by atoms with Gasteiger partial charge in [0.2, 0.25) is 5.88 Å². The molecule has 27 heavy (non-hydrogen) atoms.